The second-order valence-corrected chi connectivity index (χ2v) is 6.38. The fourth-order valence-corrected chi connectivity index (χ4v) is 3.39. The van der Waals surface area contributed by atoms with E-state index in [-0.39, 0.29) is 11.8 Å². The van der Waals surface area contributed by atoms with Gasteiger partial charge in [-0.2, -0.15) is 0 Å². The van der Waals surface area contributed by atoms with Crippen LogP contribution in [0.1, 0.15) is 23.6 Å². The van der Waals surface area contributed by atoms with Crippen molar-refractivity contribution in [1.29, 1.82) is 0 Å². The van der Waals surface area contributed by atoms with Crippen molar-refractivity contribution < 1.29 is 4.79 Å². The van der Waals surface area contributed by atoms with Crippen molar-refractivity contribution in [3.63, 3.8) is 0 Å². The number of nitrogens with zero attached hydrogens (tertiary/aromatic N) is 1. The summed E-state index contributed by atoms with van der Waals surface area (Å²) in [6.45, 7) is 0.647. The number of nitrogens with one attached hydrogen (secondary N) is 1. The molecule has 120 valence electrons. The van der Waals surface area contributed by atoms with E-state index in [1.165, 1.54) is 16.3 Å². The molecule has 1 aromatic heterocycles. The summed E-state index contributed by atoms with van der Waals surface area (Å²) < 4.78 is 0. The highest BCUT2D eigenvalue weighted by Crippen LogP contribution is 2.49. The van der Waals surface area contributed by atoms with Crippen molar-refractivity contribution in [3.05, 3.63) is 78.1 Å². The average molecular weight is 316 g/mol. The standard InChI is InChI=1S/C21H20N2O/c24-21(23-13-11-16-8-3-4-12-22-16)20-14-19(20)18-10-5-7-15-6-1-2-9-17(15)18/h1-10,12,19-20H,11,13-14H2,(H,23,24)/t19-,20+/m0/s1. The highest BCUT2D eigenvalue weighted by molar-refractivity contribution is 5.89. The first-order valence-corrected chi connectivity index (χ1v) is 8.48. The number of fused-ring (bicyclic) bond motifs is 1. The van der Waals surface area contributed by atoms with E-state index in [2.05, 4.69) is 52.8 Å². The number of hydrogen-bond acceptors (Lipinski definition) is 2. The molecule has 3 aromatic rings. The summed E-state index contributed by atoms with van der Waals surface area (Å²) in [5.74, 6) is 0.634. The topological polar surface area (TPSA) is 42.0 Å². The number of carbonyl (C=O) groups excluding carboxylic acids is 1. The molecule has 0 unspecified atom stereocenters. The average Bonchev–Trinajstić information content (AvgIpc) is 3.43. The molecule has 1 fully saturated rings. The molecule has 1 saturated carbocycles. The lowest BCUT2D eigenvalue weighted by atomic mass is 10.00. The Morgan fingerprint density at radius 2 is 1.88 bits per heavy atom. The smallest absolute Gasteiger partial charge is 0.223 e. The maximum Gasteiger partial charge on any atom is 0.223 e. The molecule has 1 aliphatic rings. The van der Waals surface area contributed by atoms with Gasteiger partial charge in [0.1, 0.15) is 0 Å². The molecule has 1 heterocycles. The Labute approximate surface area is 141 Å². The van der Waals surface area contributed by atoms with Crippen molar-refractivity contribution in [3.8, 4) is 0 Å². The van der Waals surface area contributed by atoms with Crippen LogP contribution in [0.5, 0.6) is 0 Å². The molecule has 4 rings (SSSR count). The van der Waals surface area contributed by atoms with Crippen LogP contribution in [0.15, 0.2) is 66.9 Å². The maximum absolute atomic E-state index is 12.4. The van der Waals surface area contributed by atoms with E-state index in [1.807, 2.05) is 18.2 Å². The van der Waals surface area contributed by atoms with Gasteiger partial charge in [0.05, 0.1) is 0 Å². The van der Waals surface area contributed by atoms with Crippen molar-refractivity contribution in [2.45, 2.75) is 18.8 Å². The van der Waals surface area contributed by atoms with Gasteiger partial charge in [-0.15, -0.1) is 0 Å². The minimum absolute atomic E-state index is 0.111. The largest absolute Gasteiger partial charge is 0.355 e. The number of aromatic nitrogens is 1. The zero-order valence-corrected chi connectivity index (χ0v) is 13.5. The van der Waals surface area contributed by atoms with Crippen LogP contribution in [0.25, 0.3) is 10.8 Å². The van der Waals surface area contributed by atoms with E-state index in [0.717, 1.165) is 18.5 Å². The first-order valence-electron chi connectivity index (χ1n) is 8.48. The zero-order valence-electron chi connectivity index (χ0n) is 13.5. The molecular formula is C21H20N2O. The van der Waals surface area contributed by atoms with Crippen LogP contribution in [0.3, 0.4) is 0 Å². The molecule has 24 heavy (non-hydrogen) atoms. The van der Waals surface area contributed by atoms with Gasteiger partial charge in [0, 0.05) is 30.8 Å². The Kier molecular flexibility index (Phi) is 3.99. The molecule has 1 N–H and O–H groups in total. The number of benzene rings is 2. The predicted octanol–water partition coefficient (Wildman–Crippen LogP) is 3.70. The van der Waals surface area contributed by atoms with Crippen LogP contribution in [0, 0.1) is 5.92 Å². The van der Waals surface area contributed by atoms with Crippen LogP contribution in [-0.4, -0.2) is 17.4 Å². The summed E-state index contributed by atoms with van der Waals surface area (Å²) in [4.78, 5) is 16.7. The molecule has 0 aliphatic heterocycles. The summed E-state index contributed by atoms with van der Waals surface area (Å²) in [7, 11) is 0. The van der Waals surface area contributed by atoms with E-state index in [4.69, 9.17) is 0 Å². The van der Waals surface area contributed by atoms with E-state index in [1.54, 1.807) is 6.20 Å². The zero-order chi connectivity index (χ0) is 16.4. The predicted molar refractivity (Wildman–Crippen MR) is 95.7 cm³/mol. The normalized spacial score (nSPS) is 19.2. The molecule has 1 amide bonds. The summed E-state index contributed by atoms with van der Waals surface area (Å²) in [6, 6.07) is 20.6. The molecule has 3 heteroatoms. The molecule has 0 bridgehead atoms. The maximum atomic E-state index is 12.4. The van der Waals surface area contributed by atoms with E-state index in [0.29, 0.717) is 12.5 Å². The van der Waals surface area contributed by atoms with Crippen molar-refractivity contribution >= 4 is 16.7 Å². The van der Waals surface area contributed by atoms with Gasteiger partial charge in [-0.05, 0) is 40.8 Å². The Morgan fingerprint density at radius 1 is 1.04 bits per heavy atom. The SMILES string of the molecule is O=C(NCCc1ccccn1)[C@@H]1C[C@H]1c1cccc2ccccc12. The summed E-state index contributed by atoms with van der Waals surface area (Å²) in [5, 5.41) is 5.58. The molecule has 3 nitrogen and oxygen atoms in total. The molecule has 0 saturated heterocycles. The summed E-state index contributed by atoms with van der Waals surface area (Å²) in [5.41, 5.74) is 2.32. The molecule has 0 radical (unpaired) electrons. The van der Waals surface area contributed by atoms with Gasteiger partial charge in [-0.3, -0.25) is 9.78 Å². The first-order chi connectivity index (χ1) is 11.8. The van der Waals surface area contributed by atoms with Crippen LogP contribution < -0.4 is 5.32 Å². The number of pyridine rings is 1. The summed E-state index contributed by atoms with van der Waals surface area (Å²) in [6.07, 6.45) is 3.51. The van der Waals surface area contributed by atoms with Crippen LogP contribution >= 0.6 is 0 Å². The lowest BCUT2D eigenvalue weighted by Crippen LogP contribution is -2.27. The molecular weight excluding hydrogens is 296 g/mol. The minimum atomic E-state index is 0.111. The minimum Gasteiger partial charge on any atom is -0.355 e. The second kappa shape index (κ2) is 6.44. The van der Waals surface area contributed by atoms with Crippen LogP contribution in [0.2, 0.25) is 0 Å². The van der Waals surface area contributed by atoms with Gasteiger partial charge < -0.3 is 5.32 Å². The Morgan fingerprint density at radius 3 is 2.75 bits per heavy atom. The van der Waals surface area contributed by atoms with E-state index >= 15 is 0 Å². The van der Waals surface area contributed by atoms with Gasteiger partial charge in [0.2, 0.25) is 5.91 Å². The van der Waals surface area contributed by atoms with Crippen molar-refractivity contribution in [2.75, 3.05) is 6.54 Å². The molecule has 2 aromatic carbocycles. The fourth-order valence-electron chi connectivity index (χ4n) is 3.39. The number of rotatable bonds is 5. The molecule has 1 aliphatic carbocycles. The molecule has 0 spiro atoms. The highest BCUT2D eigenvalue weighted by Gasteiger charge is 2.44. The second-order valence-electron chi connectivity index (χ2n) is 6.38. The van der Waals surface area contributed by atoms with E-state index in [9.17, 15) is 4.79 Å². The Bertz CT molecular complexity index is 855. The first kappa shape index (κ1) is 14.9. The van der Waals surface area contributed by atoms with E-state index < -0.39 is 0 Å². The third kappa shape index (κ3) is 3.02. The van der Waals surface area contributed by atoms with Gasteiger partial charge in [-0.1, -0.05) is 48.5 Å². The Balaban J connectivity index is 1.38. The fraction of sp³-hybridized carbons (Fsp3) is 0.238. The van der Waals surface area contributed by atoms with Gasteiger partial charge in [-0.25, -0.2) is 0 Å². The lowest BCUT2D eigenvalue weighted by Gasteiger charge is -2.07. The third-order valence-corrected chi connectivity index (χ3v) is 4.76. The third-order valence-electron chi connectivity index (χ3n) is 4.76. The van der Waals surface area contributed by atoms with Gasteiger partial charge in [0.25, 0.3) is 0 Å². The number of amides is 1. The van der Waals surface area contributed by atoms with Crippen molar-refractivity contribution in [2.24, 2.45) is 5.92 Å². The highest BCUT2D eigenvalue weighted by atomic mass is 16.2. The van der Waals surface area contributed by atoms with Gasteiger partial charge >= 0.3 is 0 Å². The van der Waals surface area contributed by atoms with Gasteiger partial charge in [0.15, 0.2) is 0 Å². The summed E-state index contributed by atoms with van der Waals surface area (Å²) >= 11 is 0. The monoisotopic (exact) mass is 316 g/mol. The van der Waals surface area contributed by atoms with Crippen LogP contribution in [0.4, 0.5) is 0 Å². The molecule has 2 atom stereocenters. The quantitative estimate of drug-likeness (QED) is 0.780. The number of carbonyl (C=O) groups is 1. The van der Waals surface area contributed by atoms with Crippen LogP contribution in [-0.2, 0) is 11.2 Å². The van der Waals surface area contributed by atoms with Crippen molar-refractivity contribution in [1.82, 2.24) is 10.3 Å². The lowest BCUT2D eigenvalue weighted by molar-refractivity contribution is -0.122. The Hall–Kier alpha value is -2.68. The number of hydrogen-bond donors (Lipinski definition) is 1.